The van der Waals surface area contributed by atoms with Gasteiger partial charge in [-0.15, -0.1) is 0 Å². The van der Waals surface area contributed by atoms with Crippen molar-refractivity contribution in [3.8, 4) is 0 Å². The van der Waals surface area contributed by atoms with Gasteiger partial charge in [0.1, 0.15) is 0 Å². The quantitative estimate of drug-likeness (QED) is 0.938. The van der Waals surface area contributed by atoms with Crippen molar-refractivity contribution in [1.82, 2.24) is 0 Å². The van der Waals surface area contributed by atoms with Crippen molar-refractivity contribution in [2.75, 3.05) is 13.2 Å². The highest BCUT2D eigenvalue weighted by Gasteiger charge is 2.85. The lowest BCUT2D eigenvalue weighted by Crippen LogP contribution is -2.49. The van der Waals surface area contributed by atoms with Crippen LogP contribution in [0.5, 0.6) is 0 Å². The lowest BCUT2D eigenvalue weighted by Gasteiger charge is -2.40. The minimum atomic E-state index is -0.805. The summed E-state index contributed by atoms with van der Waals surface area (Å²) >= 11 is 0. The van der Waals surface area contributed by atoms with Gasteiger partial charge in [-0.25, -0.2) is 0 Å². The highest BCUT2D eigenvalue weighted by atomic mass is 16.7. The van der Waals surface area contributed by atoms with Crippen LogP contribution in [0.3, 0.4) is 0 Å². The van der Waals surface area contributed by atoms with Gasteiger partial charge >= 0.3 is 0 Å². The van der Waals surface area contributed by atoms with Crippen LogP contribution in [-0.4, -0.2) is 24.9 Å². The number of fused-ring (bicyclic) bond motifs is 2. The SMILES string of the molecule is NC(=O)C1C2CC(c3ccccc3)C3(OCCO3)C21c1ccccc1. The van der Waals surface area contributed by atoms with Gasteiger partial charge in [0.05, 0.1) is 24.5 Å². The number of carbonyl (C=O) groups excluding carboxylic acids is 1. The molecule has 4 unspecified atom stereocenters. The summed E-state index contributed by atoms with van der Waals surface area (Å²) in [4.78, 5) is 12.2. The number of benzene rings is 2. The number of rotatable bonds is 3. The number of ether oxygens (including phenoxy) is 2. The first-order valence-electron chi connectivity index (χ1n) is 8.89. The Morgan fingerprint density at radius 1 is 0.960 bits per heavy atom. The molecule has 0 bridgehead atoms. The van der Waals surface area contributed by atoms with Gasteiger partial charge in [-0.05, 0) is 23.5 Å². The molecule has 2 saturated carbocycles. The van der Waals surface area contributed by atoms with E-state index < -0.39 is 11.2 Å². The summed E-state index contributed by atoms with van der Waals surface area (Å²) in [6, 6.07) is 20.5. The minimum absolute atomic E-state index is 0.108. The summed E-state index contributed by atoms with van der Waals surface area (Å²) in [6.45, 7) is 1.10. The number of hydrogen-bond acceptors (Lipinski definition) is 3. The van der Waals surface area contributed by atoms with Gasteiger partial charge in [-0.3, -0.25) is 4.79 Å². The second-order valence-corrected chi connectivity index (χ2v) is 7.28. The minimum Gasteiger partial charge on any atom is -0.369 e. The molecule has 2 aromatic rings. The largest absolute Gasteiger partial charge is 0.369 e. The van der Waals surface area contributed by atoms with Gasteiger partial charge in [-0.1, -0.05) is 60.7 Å². The fraction of sp³-hybridized carbons (Fsp3) is 0.381. The molecule has 128 valence electrons. The third kappa shape index (κ3) is 1.76. The Morgan fingerprint density at radius 2 is 1.56 bits per heavy atom. The molecule has 5 rings (SSSR count). The Balaban J connectivity index is 1.69. The standard InChI is InChI=1S/C21H21NO3/c22-19(23)18-17-13-16(14-7-3-1-4-8-14)21(24-11-12-25-21)20(17,18)15-9-5-2-6-10-15/h1-10,16-18H,11-13H2,(H2,22,23). The van der Waals surface area contributed by atoms with E-state index in [0.29, 0.717) is 13.2 Å². The predicted octanol–water partition coefficient (Wildman–Crippen LogP) is 2.59. The van der Waals surface area contributed by atoms with Crippen LogP contribution in [0.4, 0.5) is 0 Å². The van der Waals surface area contributed by atoms with Crippen molar-refractivity contribution in [3.05, 3.63) is 71.8 Å². The van der Waals surface area contributed by atoms with Crippen LogP contribution in [0, 0.1) is 11.8 Å². The van der Waals surface area contributed by atoms with Crippen LogP contribution in [-0.2, 0) is 19.7 Å². The Bertz CT molecular complexity index is 800. The fourth-order valence-corrected chi connectivity index (χ4v) is 5.59. The van der Waals surface area contributed by atoms with E-state index in [2.05, 4.69) is 24.3 Å². The van der Waals surface area contributed by atoms with Crippen molar-refractivity contribution in [2.24, 2.45) is 17.6 Å². The van der Waals surface area contributed by atoms with Crippen molar-refractivity contribution >= 4 is 5.91 Å². The third-order valence-electron chi connectivity index (χ3n) is 6.37. The van der Waals surface area contributed by atoms with Crippen molar-refractivity contribution in [1.29, 1.82) is 0 Å². The molecule has 0 radical (unpaired) electrons. The van der Waals surface area contributed by atoms with E-state index in [1.165, 1.54) is 5.56 Å². The first-order valence-corrected chi connectivity index (χ1v) is 8.89. The first-order chi connectivity index (χ1) is 12.2. The van der Waals surface area contributed by atoms with Crippen LogP contribution >= 0.6 is 0 Å². The number of amides is 1. The molecule has 3 fully saturated rings. The molecule has 4 atom stereocenters. The molecule has 2 aromatic carbocycles. The molecule has 2 aliphatic carbocycles. The van der Waals surface area contributed by atoms with Gasteiger partial charge in [0.2, 0.25) is 5.91 Å². The van der Waals surface area contributed by atoms with E-state index in [4.69, 9.17) is 15.2 Å². The van der Waals surface area contributed by atoms with Crippen LogP contribution in [0.2, 0.25) is 0 Å². The molecule has 1 heterocycles. The first kappa shape index (κ1) is 15.1. The Labute approximate surface area is 146 Å². The van der Waals surface area contributed by atoms with Gasteiger partial charge < -0.3 is 15.2 Å². The topological polar surface area (TPSA) is 61.6 Å². The monoisotopic (exact) mass is 335 g/mol. The van der Waals surface area contributed by atoms with Crippen molar-refractivity contribution < 1.29 is 14.3 Å². The Hall–Kier alpha value is -2.17. The van der Waals surface area contributed by atoms with E-state index >= 15 is 0 Å². The zero-order chi connectivity index (χ0) is 17.1. The van der Waals surface area contributed by atoms with Gasteiger partial charge in [-0.2, -0.15) is 0 Å². The zero-order valence-electron chi connectivity index (χ0n) is 13.9. The summed E-state index contributed by atoms with van der Waals surface area (Å²) in [5.74, 6) is -1.01. The molecular formula is C21H21NO3. The molecule has 1 saturated heterocycles. The molecule has 25 heavy (non-hydrogen) atoms. The summed E-state index contributed by atoms with van der Waals surface area (Å²) in [5, 5.41) is 0. The zero-order valence-corrected chi connectivity index (χ0v) is 13.9. The summed E-state index contributed by atoms with van der Waals surface area (Å²) in [6.07, 6.45) is 0.854. The summed E-state index contributed by atoms with van der Waals surface area (Å²) < 4.78 is 12.7. The number of nitrogens with two attached hydrogens (primary N) is 1. The predicted molar refractivity (Wildman–Crippen MR) is 92.7 cm³/mol. The maximum Gasteiger partial charge on any atom is 0.221 e. The Morgan fingerprint density at radius 3 is 2.16 bits per heavy atom. The van der Waals surface area contributed by atoms with Crippen LogP contribution in [0.15, 0.2) is 60.7 Å². The van der Waals surface area contributed by atoms with Crippen LogP contribution in [0.25, 0.3) is 0 Å². The average Bonchev–Trinajstić information content (AvgIpc) is 2.95. The third-order valence-corrected chi connectivity index (χ3v) is 6.37. The highest BCUT2D eigenvalue weighted by molar-refractivity contribution is 5.85. The van der Waals surface area contributed by atoms with Gasteiger partial charge in [0.25, 0.3) is 0 Å². The van der Waals surface area contributed by atoms with Crippen molar-refractivity contribution in [3.63, 3.8) is 0 Å². The average molecular weight is 335 g/mol. The lowest BCUT2D eigenvalue weighted by atomic mass is 9.78. The van der Waals surface area contributed by atoms with E-state index in [1.807, 2.05) is 36.4 Å². The second-order valence-electron chi connectivity index (χ2n) is 7.28. The molecular weight excluding hydrogens is 314 g/mol. The van der Waals surface area contributed by atoms with Crippen molar-refractivity contribution in [2.45, 2.75) is 23.5 Å². The van der Waals surface area contributed by atoms with E-state index in [0.717, 1.165) is 12.0 Å². The molecule has 4 nitrogen and oxygen atoms in total. The van der Waals surface area contributed by atoms with E-state index in [9.17, 15) is 4.79 Å². The van der Waals surface area contributed by atoms with Crippen LogP contribution < -0.4 is 5.73 Å². The molecule has 3 aliphatic rings. The van der Waals surface area contributed by atoms with Gasteiger partial charge in [0.15, 0.2) is 5.79 Å². The summed E-state index contributed by atoms with van der Waals surface area (Å²) in [5.41, 5.74) is 7.63. The molecule has 4 heteroatoms. The molecule has 1 spiro atoms. The second kappa shape index (κ2) is 5.16. The fourth-order valence-electron chi connectivity index (χ4n) is 5.59. The Kier molecular flexibility index (Phi) is 3.12. The van der Waals surface area contributed by atoms with Gasteiger partial charge in [0, 0.05) is 5.92 Å². The molecule has 0 aromatic heterocycles. The normalized spacial score (nSPS) is 34.8. The maximum absolute atomic E-state index is 12.2. The molecule has 1 aliphatic heterocycles. The van der Waals surface area contributed by atoms with Crippen LogP contribution in [0.1, 0.15) is 23.5 Å². The van der Waals surface area contributed by atoms with E-state index in [-0.39, 0.29) is 23.7 Å². The number of primary amides is 1. The smallest absolute Gasteiger partial charge is 0.221 e. The maximum atomic E-state index is 12.2. The number of hydrogen-bond donors (Lipinski definition) is 1. The lowest BCUT2D eigenvalue weighted by molar-refractivity contribution is -0.194. The highest BCUT2D eigenvalue weighted by Crippen LogP contribution is 2.78. The summed E-state index contributed by atoms with van der Waals surface area (Å²) in [7, 11) is 0. The number of carbonyl (C=O) groups is 1. The van der Waals surface area contributed by atoms with E-state index in [1.54, 1.807) is 0 Å². The molecule has 1 amide bonds. The molecule has 2 N–H and O–H groups in total.